The van der Waals surface area contributed by atoms with Crippen LogP contribution in [0.1, 0.15) is 12.0 Å². The van der Waals surface area contributed by atoms with Crippen molar-refractivity contribution in [3.63, 3.8) is 0 Å². The monoisotopic (exact) mass is 228 g/mol. The first-order valence-corrected chi connectivity index (χ1v) is 4.95. The summed E-state index contributed by atoms with van der Waals surface area (Å²) in [6.45, 7) is 0. The molecule has 0 aliphatic carbocycles. The van der Waals surface area contributed by atoms with E-state index in [1.807, 2.05) is 0 Å². The fraction of sp³-hybridized carbons (Fsp3) is 0.364. The number of ether oxygens (including phenoxy) is 2. The fourth-order valence-electron chi connectivity index (χ4n) is 1.37. The molecule has 15 heavy (non-hydrogen) atoms. The summed E-state index contributed by atoms with van der Waals surface area (Å²) < 4.78 is 10.3. The van der Waals surface area contributed by atoms with E-state index in [4.69, 9.17) is 21.1 Å². The Bertz CT molecular complexity index is 350. The summed E-state index contributed by atoms with van der Waals surface area (Å²) in [5.74, 6) is 1.28. The Hall–Kier alpha value is -1.22. The predicted octanol–water partition coefficient (Wildman–Crippen LogP) is 2.49. The molecule has 0 heterocycles. The van der Waals surface area contributed by atoms with Crippen LogP contribution in [-0.4, -0.2) is 20.5 Å². The van der Waals surface area contributed by atoms with Gasteiger partial charge < -0.3 is 14.3 Å². The van der Waals surface area contributed by atoms with Gasteiger partial charge in [0.25, 0.3) is 0 Å². The maximum Gasteiger partial charge on any atom is 0.138 e. The third-order valence-corrected chi connectivity index (χ3v) is 2.53. The van der Waals surface area contributed by atoms with Gasteiger partial charge in [-0.2, -0.15) is 0 Å². The van der Waals surface area contributed by atoms with Crippen LogP contribution in [0.3, 0.4) is 0 Å². The topological polar surface area (TPSA) is 35.5 Å². The van der Waals surface area contributed by atoms with Crippen LogP contribution in [0.2, 0.25) is 5.02 Å². The first kappa shape index (κ1) is 11.9. The van der Waals surface area contributed by atoms with E-state index in [-0.39, 0.29) is 0 Å². The molecule has 0 aliphatic heterocycles. The van der Waals surface area contributed by atoms with Gasteiger partial charge in [-0.15, -0.1) is 0 Å². The molecule has 3 nitrogen and oxygen atoms in total. The Morgan fingerprint density at radius 3 is 2.40 bits per heavy atom. The second kappa shape index (κ2) is 5.61. The minimum atomic E-state index is 0.420. The molecule has 1 rings (SSSR count). The lowest BCUT2D eigenvalue weighted by Gasteiger charge is -2.12. The van der Waals surface area contributed by atoms with Crippen molar-refractivity contribution >= 4 is 17.9 Å². The van der Waals surface area contributed by atoms with Crippen molar-refractivity contribution in [2.75, 3.05) is 14.2 Å². The molecule has 1 aromatic rings. The Morgan fingerprint density at radius 1 is 1.27 bits per heavy atom. The Kier molecular flexibility index (Phi) is 4.43. The number of halogens is 1. The van der Waals surface area contributed by atoms with Crippen molar-refractivity contribution < 1.29 is 14.3 Å². The van der Waals surface area contributed by atoms with E-state index in [9.17, 15) is 4.79 Å². The van der Waals surface area contributed by atoms with Gasteiger partial charge in [-0.05, 0) is 18.6 Å². The molecule has 4 heteroatoms. The summed E-state index contributed by atoms with van der Waals surface area (Å²) in [6.07, 6.45) is 1.83. The smallest absolute Gasteiger partial charge is 0.138 e. The molecule has 0 saturated carbocycles. The highest BCUT2D eigenvalue weighted by atomic mass is 35.5. The van der Waals surface area contributed by atoms with E-state index in [0.29, 0.717) is 29.4 Å². The molecule has 0 atom stereocenters. The third-order valence-electron chi connectivity index (χ3n) is 2.12. The van der Waals surface area contributed by atoms with E-state index in [1.165, 1.54) is 0 Å². The normalized spacial score (nSPS) is 9.80. The van der Waals surface area contributed by atoms with Gasteiger partial charge in [0.1, 0.15) is 17.8 Å². The molecule has 1 aromatic carbocycles. The largest absolute Gasteiger partial charge is 0.496 e. The van der Waals surface area contributed by atoms with Crippen molar-refractivity contribution in [2.24, 2.45) is 0 Å². The average Bonchev–Trinajstić information content (AvgIpc) is 2.27. The standard InChI is InChI=1S/C11H13ClO3/c1-14-9-5-6-10(15-2)11(12)8(9)4-3-7-13/h5-7H,3-4H2,1-2H3. The van der Waals surface area contributed by atoms with Gasteiger partial charge in [-0.3, -0.25) is 0 Å². The van der Waals surface area contributed by atoms with Gasteiger partial charge in [-0.1, -0.05) is 11.6 Å². The van der Waals surface area contributed by atoms with Crippen LogP contribution in [0, 0.1) is 0 Å². The lowest BCUT2D eigenvalue weighted by molar-refractivity contribution is -0.107. The molecule has 0 amide bonds. The van der Waals surface area contributed by atoms with E-state index in [1.54, 1.807) is 26.4 Å². The van der Waals surface area contributed by atoms with Crippen LogP contribution in [0.5, 0.6) is 11.5 Å². The molecule has 0 bridgehead atoms. The lowest BCUT2D eigenvalue weighted by Crippen LogP contribution is -1.96. The molecule has 0 saturated heterocycles. The highest BCUT2D eigenvalue weighted by Gasteiger charge is 2.12. The van der Waals surface area contributed by atoms with Gasteiger partial charge >= 0.3 is 0 Å². The second-order valence-corrected chi connectivity index (χ2v) is 3.35. The number of methoxy groups -OCH3 is 2. The molecule has 0 aliphatic rings. The molecule has 0 unspecified atom stereocenters. The van der Waals surface area contributed by atoms with E-state index >= 15 is 0 Å². The van der Waals surface area contributed by atoms with Crippen LogP contribution in [0.4, 0.5) is 0 Å². The number of hydrogen-bond acceptors (Lipinski definition) is 3. The van der Waals surface area contributed by atoms with E-state index in [2.05, 4.69) is 0 Å². The lowest BCUT2D eigenvalue weighted by atomic mass is 10.1. The zero-order valence-corrected chi connectivity index (χ0v) is 9.50. The summed E-state index contributed by atoms with van der Waals surface area (Å²) >= 11 is 6.11. The summed E-state index contributed by atoms with van der Waals surface area (Å²) in [6, 6.07) is 3.52. The van der Waals surface area contributed by atoms with Crippen LogP contribution in [0.15, 0.2) is 12.1 Å². The zero-order chi connectivity index (χ0) is 11.3. The fourth-order valence-corrected chi connectivity index (χ4v) is 1.69. The zero-order valence-electron chi connectivity index (χ0n) is 8.75. The Morgan fingerprint density at radius 2 is 1.87 bits per heavy atom. The molecule has 0 N–H and O–H groups in total. The highest BCUT2D eigenvalue weighted by Crippen LogP contribution is 2.35. The Balaban J connectivity index is 3.10. The third kappa shape index (κ3) is 2.63. The molecule has 0 fully saturated rings. The van der Waals surface area contributed by atoms with Crippen molar-refractivity contribution in [2.45, 2.75) is 12.8 Å². The number of hydrogen-bond donors (Lipinski definition) is 0. The molecular weight excluding hydrogens is 216 g/mol. The Labute approximate surface area is 93.9 Å². The maximum absolute atomic E-state index is 10.3. The molecular formula is C11H13ClO3. The summed E-state index contributed by atoms with van der Waals surface area (Å²) in [7, 11) is 3.12. The molecule has 0 spiro atoms. The second-order valence-electron chi connectivity index (χ2n) is 2.97. The van der Waals surface area contributed by atoms with Crippen LogP contribution in [-0.2, 0) is 11.2 Å². The van der Waals surface area contributed by atoms with Crippen molar-refractivity contribution in [1.29, 1.82) is 0 Å². The summed E-state index contributed by atoms with van der Waals surface area (Å²) in [5, 5.41) is 0.513. The number of carbonyl (C=O) groups is 1. The van der Waals surface area contributed by atoms with Gasteiger partial charge in [0.05, 0.1) is 19.2 Å². The number of carbonyl (C=O) groups excluding carboxylic acids is 1. The van der Waals surface area contributed by atoms with E-state index < -0.39 is 0 Å². The van der Waals surface area contributed by atoms with Crippen molar-refractivity contribution in [3.05, 3.63) is 22.7 Å². The number of aldehydes is 1. The molecule has 0 radical (unpaired) electrons. The van der Waals surface area contributed by atoms with Crippen molar-refractivity contribution in [3.8, 4) is 11.5 Å². The minimum absolute atomic E-state index is 0.420. The number of rotatable bonds is 5. The summed E-state index contributed by atoms with van der Waals surface area (Å²) in [5.41, 5.74) is 0.811. The van der Waals surface area contributed by atoms with Gasteiger partial charge in [0.15, 0.2) is 0 Å². The van der Waals surface area contributed by atoms with Crippen LogP contribution >= 0.6 is 11.6 Å². The van der Waals surface area contributed by atoms with Crippen molar-refractivity contribution in [1.82, 2.24) is 0 Å². The average molecular weight is 229 g/mol. The minimum Gasteiger partial charge on any atom is -0.496 e. The maximum atomic E-state index is 10.3. The highest BCUT2D eigenvalue weighted by molar-refractivity contribution is 6.33. The van der Waals surface area contributed by atoms with Gasteiger partial charge in [0, 0.05) is 12.0 Å². The first-order chi connectivity index (χ1) is 7.24. The molecule has 82 valence electrons. The van der Waals surface area contributed by atoms with Gasteiger partial charge in [-0.25, -0.2) is 0 Å². The SMILES string of the molecule is COc1ccc(OC)c(CCC=O)c1Cl. The van der Waals surface area contributed by atoms with Crippen LogP contribution in [0.25, 0.3) is 0 Å². The first-order valence-electron chi connectivity index (χ1n) is 4.57. The van der Waals surface area contributed by atoms with E-state index in [0.717, 1.165) is 11.8 Å². The predicted molar refractivity (Wildman–Crippen MR) is 58.9 cm³/mol. The summed E-state index contributed by atoms with van der Waals surface area (Å²) in [4.78, 5) is 10.3. The quantitative estimate of drug-likeness (QED) is 0.727. The molecule has 0 aromatic heterocycles. The van der Waals surface area contributed by atoms with Crippen LogP contribution < -0.4 is 9.47 Å². The number of benzene rings is 1. The van der Waals surface area contributed by atoms with Gasteiger partial charge in [0.2, 0.25) is 0 Å².